The number of amides is 2. The fourth-order valence-corrected chi connectivity index (χ4v) is 6.20. The van der Waals surface area contributed by atoms with Crippen molar-refractivity contribution in [2.24, 2.45) is 0 Å². The van der Waals surface area contributed by atoms with Crippen molar-refractivity contribution in [3.05, 3.63) is 130 Å². The van der Waals surface area contributed by atoms with Crippen LogP contribution < -0.4 is 14.4 Å². The third-order valence-electron chi connectivity index (χ3n) is 7.06. The molecule has 0 heterocycles. The summed E-state index contributed by atoms with van der Waals surface area (Å²) in [4.78, 5) is 29.6. The molecule has 0 radical (unpaired) electrons. The van der Waals surface area contributed by atoms with Crippen molar-refractivity contribution in [2.75, 3.05) is 17.1 Å². The molecule has 4 rings (SSSR count). The summed E-state index contributed by atoms with van der Waals surface area (Å²) in [7, 11) is -3.89. The van der Waals surface area contributed by atoms with Crippen molar-refractivity contribution < 1.29 is 22.7 Å². The Labute approximate surface area is 280 Å². The Morgan fingerprint density at radius 1 is 0.826 bits per heavy atom. The molecule has 0 aromatic heterocycles. The highest BCUT2D eigenvalue weighted by molar-refractivity contribution is 9.10. The number of hydrogen-bond donors (Lipinski definition) is 1. The van der Waals surface area contributed by atoms with Crippen LogP contribution >= 0.6 is 15.9 Å². The number of sulfonamides is 1. The Balaban J connectivity index is 1.66. The molecule has 0 bridgehead atoms. The van der Waals surface area contributed by atoms with Crippen LogP contribution in [0, 0.1) is 0 Å². The van der Waals surface area contributed by atoms with Gasteiger partial charge in [-0.2, -0.15) is 0 Å². The lowest BCUT2D eigenvalue weighted by atomic mass is 10.0. The maximum Gasteiger partial charge on any atom is 0.244 e. The second-order valence-electron chi connectivity index (χ2n) is 12.1. The summed E-state index contributed by atoms with van der Waals surface area (Å²) in [6, 6.07) is 32.3. The molecule has 2 amide bonds. The number of ether oxygens (including phenoxy) is 1. The predicted molar refractivity (Wildman–Crippen MR) is 186 cm³/mol. The number of anilines is 1. The summed E-state index contributed by atoms with van der Waals surface area (Å²) >= 11 is 3.50. The van der Waals surface area contributed by atoms with Gasteiger partial charge in [-0.3, -0.25) is 13.9 Å². The molecular weight excluding hydrogens is 666 g/mol. The molecule has 242 valence electrons. The monoisotopic (exact) mass is 705 g/mol. The standard InChI is InChI=1S/C36H40BrN3O5S/c1-36(2,3)38-35(42)33(23-27-12-7-5-8-13-27)39(24-29-16-11-17-30(37)22-29)34(41)25-40(46(4,43)44)31-18-20-32(21-19-31)45-26-28-14-9-6-10-15-28/h5-22,33H,23-26H2,1-4H3,(H,38,42)/t33-/m1/s1. The van der Waals surface area contributed by atoms with Crippen LogP contribution in [0.5, 0.6) is 5.75 Å². The van der Waals surface area contributed by atoms with E-state index in [1.54, 1.807) is 24.3 Å². The molecule has 0 aliphatic carbocycles. The van der Waals surface area contributed by atoms with Crippen LogP contribution in [0.25, 0.3) is 0 Å². The second-order valence-corrected chi connectivity index (χ2v) is 15.0. The van der Waals surface area contributed by atoms with Gasteiger partial charge in [0, 0.05) is 23.0 Å². The number of carbonyl (C=O) groups excluding carboxylic acids is 2. The summed E-state index contributed by atoms with van der Waals surface area (Å²) < 4.78 is 34.0. The van der Waals surface area contributed by atoms with Gasteiger partial charge in [0.15, 0.2) is 0 Å². The summed E-state index contributed by atoms with van der Waals surface area (Å²) in [6.07, 6.45) is 1.31. The van der Waals surface area contributed by atoms with Gasteiger partial charge in [-0.25, -0.2) is 8.42 Å². The molecule has 46 heavy (non-hydrogen) atoms. The SMILES string of the molecule is CC(C)(C)NC(=O)[C@@H](Cc1ccccc1)N(Cc1cccc(Br)c1)C(=O)CN(c1ccc(OCc2ccccc2)cc1)S(C)(=O)=O. The van der Waals surface area contributed by atoms with Gasteiger partial charge in [0.25, 0.3) is 0 Å². The van der Waals surface area contributed by atoms with Crippen LogP contribution in [0.2, 0.25) is 0 Å². The molecule has 1 N–H and O–H groups in total. The minimum absolute atomic E-state index is 0.0944. The van der Waals surface area contributed by atoms with Crippen molar-refractivity contribution in [1.82, 2.24) is 10.2 Å². The van der Waals surface area contributed by atoms with Crippen LogP contribution in [0.15, 0.2) is 114 Å². The van der Waals surface area contributed by atoms with Gasteiger partial charge in [-0.1, -0.05) is 88.7 Å². The third-order valence-corrected chi connectivity index (χ3v) is 8.70. The van der Waals surface area contributed by atoms with Crippen LogP contribution in [0.3, 0.4) is 0 Å². The molecule has 0 fully saturated rings. The molecule has 1 atom stereocenters. The molecule has 8 nitrogen and oxygen atoms in total. The number of halogens is 1. The fraction of sp³-hybridized carbons (Fsp3) is 0.278. The maximum atomic E-state index is 14.3. The lowest BCUT2D eigenvalue weighted by Crippen LogP contribution is -2.56. The highest BCUT2D eigenvalue weighted by Crippen LogP contribution is 2.24. The molecule has 4 aromatic carbocycles. The number of nitrogens with zero attached hydrogens (tertiary/aromatic N) is 2. The smallest absolute Gasteiger partial charge is 0.244 e. The van der Waals surface area contributed by atoms with Gasteiger partial charge in [0.2, 0.25) is 21.8 Å². The van der Waals surface area contributed by atoms with E-state index in [0.717, 1.165) is 31.7 Å². The minimum Gasteiger partial charge on any atom is -0.489 e. The topological polar surface area (TPSA) is 96.0 Å². The van der Waals surface area contributed by atoms with E-state index in [1.807, 2.05) is 106 Å². The predicted octanol–water partition coefficient (Wildman–Crippen LogP) is 6.35. The molecule has 10 heteroatoms. The van der Waals surface area contributed by atoms with Gasteiger partial charge in [0.1, 0.15) is 24.9 Å². The van der Waals surface area contributed by atoms with Crippen molar-refractivity contribution in [1.29, 1.82) is 0 Å². The average Bonchev–Trinajstić information content (AvgIpc) is 3.00. The fourth-order valence-electron chi connectivity index (χ4n) is 4.90. The number of benzene rings is 4. The summed E-state index contributed by atoms with van der Waals surface area (Å²) in [5.41, 5.74) is 2.41. The summed E-state index contributed by atoms with van der Waals surface area (Å²) in [5.74, 6) is -0.282. The lowest BCUT2D eigenvalue weighted by molar-refractivity contribution is -0.140. The first-order chi connectivity index (χ1) is 21.8. The van der Waals surface area contributed by atoms with Gasteiger partial charge < -0.3 is 15.0 Å². The Morgan fingerprint density at radius 3 is 1.98 bits per heavy atom. The quantitative estimate of drug-likeness (QED) is 0.175. The summed E-state index contributed by atoms with van der Waals surface area (Å²) in [6.45, 7) is 5.59. The van der Waals surface area contributed by atoms with Crippen LogP contribution in [-0.2, 0) is 39.2 Å². The van der Waals surface area contributed by atoms with Crippen molar-refractivity contribution in [3.63, 3.8) is 0 Å². The molecule has 0 saturated heterocycles. The number of nitrogens with one attached hydrogen (secondary N) is 1. The van der Waals surface area contributed by atoms with E-state index in [9.17, 15) is 18.0 Å². The zero-order chi connectivity index (χ0) is 33.3. The van der Waals surface area contributed by atoms with Gasteiger partial charge in [-0.15, -0.1) is 0 Å². The molecule has 0 unspecified atom stereocenters. The second kappa shape index (κ2) is 15.4. The first kappa shape index (κ1) is 34.7. The molecular formula is C36H40BrN3O5S. The van der Waals surface area contributed by atoms with E-state index in [1.165, 1.54) is 4.90 Å². The molecule has 0 aliphatic heterocycles. The Bertz CT molecular complexity index is 1710. The Hall–Kier alpha value is -4.15. The van der Waals surface area contributed by atoms with Crippen LogP contribution in [-0.4, -0.2) is 49.5 Å². The van der Waals surface area contributed by atoms with Crippen molar-refractivity contribution >= 4 is 43.5 Å². The lowest BCUT2D eigenvalue weighted by Gasteiger charge is -2.35. The largest absolute Gasteiger partial charge is 0.489 e. The van der Waals surface area contributed by atoms with E-state index in [-0.39, 0.29) is 18.9 Å². The van der Waals surface area contributed by atoms with Crippen LogP contribution in [0.1, 0.15) is 37.5 Å². The van der Waals surface area contributed by atoms with E-state index in [0.29, 0.717) is 18.0 Å². The first-order valence-electron chi connectivity index (χ1n) is 14.9. The maximum absolute atomic E-state index is 14.3. The van der Waals surface area contributed by atoms with Crippen molar-refractivity contribution in [3.8, 4) is 5.75 Å². The Kier molecular flexibility index (Phi) is 11.6. The average molecular weight is 707 g/mol. The number of hydrogen-bond acceptors (Lipinski definition) is 5. The van der Waals surface area contributed by atoms with E-state index >= 15 is 0 Å². The van der Waals surface area contributed by atoms with E-state index in [4.69, 9.17) is 4.74 Å². The summed E-state index contributed by atoms with van der Waals surface area (Å²) in [5, 5.41) is 3.03. The normalized spacial score (nSPS) is 12.2. The minimum atomic E-state index is -3.89. The van der Waals surface area contributed by atoms with E-state index in [2.05, 4.69) is 21.2 Å². The zero-order valence-electron chi connectivity index (χ0n) is 26.5. The van der Waals surface area contributed by atoms with Gasteiger partial charge in [0.05, 0.1) is 11.9 Å². The highest BCUT2D eigenvalue weighted by atomic mass is 79.9. The first-order valence-corrected chi connectivity index (χ1v) is 17.6. The molecule has 4 aromatic rings. The highest BCUT2D eigenvalue weighted by Gasteiger charge is 2.34. The van der Waals surface area contributed by atoms with Gasteiger partial charge >= 0.3 is 0 Å². The number of rotatable bonds is 13. The van der Waals surface area contributed by atoms with E-state index < -0.39 is 34.1 Å². The number of carbonyl (C=O) groups is 2. The van der Waals surface area contributed by atoms with Gasteiger partial charge in [-0.05, 0) is 73.9 Å². The molecule has 0 saturated carbocycles. The zero-order valence-corrected chi connectivity index (χ0v) is 28.9. The third kappa shape index (κ3) is 10.5. The Morgan fingerprint density at radius 2 is 1.41 bits per heavy atom. The molecule has 0 aliphatic rings. The van der Waals surface area contributed by atoms with Crippen LogP contribution in [0.4, 0.5) is 5.69 Å². The molecule has 0 spiro atoms. The van der Waals surface area contributed by atoms with Crippen molar-refractivity contribution in [2.45, 2.75) is 51.9 Å².